The second kappa shape index (κ2) is 4.35. The molecule has 0 bridgehead atoms. The molecule has 2 aromatic rings. The van der Waals surface area contributed by atoms with Crippen LogP contribution < -0.4 is 4.74 Å². The van der Waals surface area contributed by atoms with Crippen LogP contribution >= 0.6 is 0 Å². The molecule has 0 aliphatic carbocycles. The normalized spacial score (nSPS) is 10.5. The van der Waals surface area contributed by atoms with Gasteiger partial charge in [0.15, 0.2) is 0 Å². The largest absolute Gasteiger partial charge is 0.497 e. The van der Waals surface area contributed by atoms with Gasteiger partial charge in [-0.15, -0.1) is 0 Å². The predicted molar refractivity (Wildman–Crippen MR) is 64.5 cm³/mol. The molecule has 0 saturated heterocycles. The first-order valence-corrected chi connectivity index (χ1v) is 5.40. The second-order valence-electron chi connectivity index (χ2n) is 3.80. The molecule has 0 atom stereocenters. The zero-order valence-electron chi connectivity index (χ0n) is 9.29. The first-order valence-electron chi connectivity index (χ1n) is 5.40. The van der Waals surface area contributed by atoms with E-state index in [0.29, 0.717) is 0 Å². The Kier molecular flexibility index (Phi) is 2.91. The molecular formula is C14H16O. The average molecular weight is 200 g/mol. The topological polar surface area (TPSA) is 9.23 Å². The van der Waals surface area contributed by atoms with Crippen molar-refractivity contribution in [3.8, 4) is 5.75 Å². The minimum absolute atomic E-state index is 0.927. The third-order valence-corrected chi connectivity index (χ3v) is 2.65. The third-order valence-electron chi connectivity index (χ3n) is 2.65. The molecule has 2 aromatic carbocycles. The Bertz CT molecular complexity index is 460. The Hall–Kier alpha value is -1.50. The Balaban J connectivity index is 2.48. The maximum absolute atomic E-state index is 5.22. The summed E-state index contributed by atoms with van der Waals surface area (Å²) < 4.78 is 5.22. The van der Waals surface area contributed by atoms with Crippen LogP contribution in [-0.2, 0) is 6.42 Å². The molecule has 1 heteroatoms. The first-order chi connectivity index (χ1) is 7.33. The molecule has 0 spiro atoms. The molecule has 78 valence electrons. The van der Waals surface area contributed by atoms with Crippen LogP contribution in [0.5, 0.6) is 5.75 Å². The molecule has 0 amide bonds. The quantitative estimate of drug-likeness (QED) is 0.732. The summed E-state index contributed by atoms with van der Waals surface area (Å²) in [5, 5.41) is 2.54. The summed E-state index contributed by atoms with van der Waals surface area (Å²) in [6.45, 7) is 2.20. The van der Waals surface area contributed by atoms with Gasteiger partial charge in [-0.1, -0.05) is 37.6 Å². The molecule has 0 radical (unpaired) electrons. The molecule has 0 N–H and O–H groups in total. The van der Waals surface area contributed by atoms with Gasteiger partial charge < -0.3 is 4.74 Å². The van der Waals surface area contributed by atoms with Crippen LogP contribution in [0, 0.1) is 0 Å². The average Bonchev–Trinajstić information content (AvgIpc) is 2.28. The van der Waals surface area contributed by atoms with Gasteiger partial charge in [-0.05, 0) is 34.9 Å². The van der Waals surface area contributed by atoms with Crippen molar-refractivity contribution in [1.29, 1.82) is 0 Å². The van der Waals surface area contributed by atoms with E-state index in [9.17, 15) is 0 Å². The van der Waals surface area contributed by atoms with E-state index in [-0.39, 0.29) is 0 Å². The van der Waals surface area contributed by atoms with Gasteiger partial charge in [0.05, 0.1) is 7.11 Å². The lowest BCUT2D eigenvalue weighted by molar-refractivity contribution is 0.415. The maximum atomic E-state index is 5.22. The number of benzene rings is 2. The van der Waals surface area contributed by atoms with E-state index in [1.165, 1.54) is 22.8 Å². The van der Waals surface area contributed by atoms with E-state index in [4.69, 9.17) is 4.74 Å². The van der Waals surface area contributed by atoms with E-state index in [1.807, 2.05) is 6.07 Å². The van der Waals surface area contributed by atoms with Gasteiger partial charge in [0, 0.05) is 0 Å². The van der Waals surface area contributed by atoms with Gasteiger partial charge in [0.1, 0.15) is 5.75 Å². The summed E-state index contributed by atoms with van der Waals surface area (Å²) in [5.74, 6) is 0.927. The van der Waals surface area contributed by atoms with Crippen LogP contribution in [0.1, 0.15) is 18.9 Å². The molecule has 15 heavy (non-hydrogen) atoms. The van der Waals surface area contributed by atoms with Gasteiger partial charge >= 0.3 is 0 Å². The second-order valence-corrected chi connectivity index (χ2v) is 3.80. The Labute approximate surface area is 90.7 Å². The number of ether oxygens (including phenoxy) is 1. The van der Waals surface area contributed by atoms with Gasteiger partial charge in [-0.3, -0.25) is 0 Å². The smallest absolute Gasteiger partial charge is 0.119 e. The van der Waals surface area contributed by atoms with Crippen LogP contribution in [0.15, 0.2) is 36.4 Å². The van der Waals surface area contributed by atoms with Crippen LogP contribution in [0.25, 0.3) is 10.8 Å². The van der Waals surface area contributed by atoms with Crippen molar-refractivity contribution in [2.45, 2.75) is 19.8 Å². The highest BCUT2D eigenvalue weighted by atomic mass is 16.5. The highest BCUT2D eigenvalue weighted by Gasteiger charge is 1.98. The lowest BCUT2D eigenvalue weighted by atomic mass is 10.0. The fourth-order valence-corrected chi connectivity index (χ4v) is 1.85. The highest BCUT2D eigenvalue weighted by molar-refractivity contribution is 5.84. The standard InChI is InChI=1S/C14H16O/c1-3-4-11-5-6-12-7-8-14(15-2)10-13(12)9-11/h5-10H,3-4H2,1-2H3. The number of hydrogen-bond acceptors (Lipinski definition) is 1. The van der Waals surface area contributed by atoms with Gasteiger partial charge in [-0.25, -0.2) is 0 Å². The van der Waals surface area contributed by atoms with Crippen molar-refractivity contribution in [3.63, 3.8) is 0 Å². The van der Waals surface area contributed by atoms with E-state index < -0.39 is 0 Å². The van der Waals surface area contributed by atoms with Crippen molar-refractivity contribution >= 4 is 10.8 Å². The summed E-state index contributed by atoms with van der Waals surface area (Å²) in [4.78, 5) is 0. The highest BCUT2D eigenvalue weighted by Crippen LogP contribution is 2.22. The number of aryl methyl sites for hydroxylation is 1. The van der Waals surface area contributed by atoms with Gasteiger partial charge in [-0.2, -0.15) is 0 Å². The lowest BCUT2D eigenvalue weighted by Crippen LogP contribution is -1.85. The van der Waals surface area contributed by atoms with Crippen LogP contribution in [-0.4, -0.2) is 7.11 Å². The van der Waals surface area contributed by atoms with Crippen LogP contribution in [0.2, 0.25) is 0 Å². The van der Waals surface area contributed by atoms with Crippen molar-refractivity contribution < 1.29 is 4.74 Å². The first kappa shape index (κ1) is 10.0. The fourth-order valence-electron chi connectivity index (χ4n) is 1.85. The summed E-state index contributed by atoms with van der Waals surface area (Å²) in [6.07, 6.45) is 2.34. The summed E-state index contributed by atoms with van der Waals surface area (Å²) in [5.41, 5.74) is 1.40. The van der Waals surface area contributed by atoms with E-state index in [2.05, 4.69) is 37.3 Å². The van der Waals surface area contributed by atoms with Crippen molar-refractivity contribution in [3.05, 3.63) is 42.0 Å². The van der Waals surface area contributed by atoms with Crippen LogP contribution in [0.4, 0.5) is 0 Å². The zero-order valence-corrected chi connectivity index (χ0v) is 9.29. The van der Waals surface area contributed by atoms with E-state index in [1.54, 1.807) is 7.11 Å². The molecule has 0 unspecified atom stereocenters. The molecule has 2 rings (SSSR count). The molecule has 0 saturated carbocycles. The maximum Gasteiger partial charge on any atom is 0.119 e. The SMILES string of the molecule is CCCc1ccc2ccc(OC)cc2c1. The summed E-state index contributed by atoms with van der Waals surface area (Å²) in [6, 6.07) is 12.8. The monoisotopic (exact) mass is 200 g/mol. The summed E-state index contributed by atoms with van der Waals surface area (Å²) >= 11 is 0. The van der Waals surface area contributed by atoms with Crippen molar-refractivity contribution in [2.24, 2.45) is 0 Å². The third kappa shape index (κ3) is 2.12. The Morgan fingerprint density at radius 1 is 1.00 bits per heavy atom. The summed E-state index contributed by atoms with van der Waals surface area (Å²) in [7, 11) is 1.71. The molecule has 0 aliphatic heterocycles. The van der Waals surface area contributed by atoms with Crippen LogP contribution in [0.3, 0.4) is 0 Å². The van der Waals surface area contributed by atoms with Gasteiger partial charge in [0.25, 0.3) is 0 Å². The van der Waals surface area contributed by atoms with Crippen molar-refractivity contribution in [2.75, 3.05) is 7.11 Å². The molecule has 0 aromatic heterocycles. The van der Waals surface area contributed by atoms with E-state index in [0.717, 1.165) is 12.2 Å². The molecular weight excluding hydrogens is 184 g/mol. The Morgan fingerprint density at radius 3 is 2.53 bits per heavy atom. The van der Waals surface area contributed by atoms with Gasteiger partial charge in [0.2, 0.25) is 0 Å². The van der Waals surface area contributed by atoms with E-state index >= 15 is 0 Å². The minimum Gasteiger partial charge on any atom is -0.497 e. The lowest BCUT2D eigenvalue weighted by Gasteiger charge is -2.04. The Morgan fingerprint density at radius 2 is 1.80 bits per heavy atom. The molecule has 1 nitrogen and oxygen atoms in total. The number of rotatable bonds is 3. The zero-order chi connectivity index (χ0) is 10.7. The molecule has 0 fully saturated rings. The van der Waals surface area contributed by atoms with Crippen molar-refractivity contribution in [1.82, 2.24) is 0 Å². The molecule has 0 aliphatic rings. The minimum atomic E-state index is 0.927. The number of fused-ring (bicyclic) bond motifs is 1. The number of hydrogen-bond donors (Lipinski definition) is 0. The number of methoxy groups -OCH3 is 1. The predicted octanol–water partition coefficient (Wildman–Crippen LogP) is 3.80. The fraction of sp³-hybridized carbons (Fsp3) is 0.286. The molecule has 0 heterocycles.